The van der Waals surface area contributed by atoms with Crippen molar-refractivity contribution in [3.63, 3.8) is 0 Å². The van der Waals surface area contributed by atoms with E-state index in [-0.39, 0.29) is 0 Å². The van der Waals surface area contributed by atoms with Gasteiger partial charge in [0, 0.05) is 18.6 Å². The molecule has 1 saturated carbocycles. The van der Waals surface area contributed by atoms with E-state index in [9.17, 15) is 0 Å². The van der Waals surface area contributed by atoms with Gasteiger partial charge in [0.05, 0.1) is 6.61 Å². The maximum absolute atomic E-state index is 5.94. The van der Waals surface area contributed by atoms with Crippen LogP contribution in [0.5, 0.6) is 5.88 Å². The molecule has 0 aromatic carbocycles. The first-order valence-electron chi connectivity index (χ1n) is 6.54. The van der Waals surface area contributed by atoms with Gasteiger partial charge in [0.1, 0.15) is 17.6 Å². The van der Waals surface area contributed by atoms with Crippen molar-refractivity contribution in [1.29, 1.82) is 0 Å². The summed E-state index contributed by atoms with van der Waals surface area (Å²) in [7, 11) is 0. The molecule has 1 aromatic heterocycles. The summed E-state index contributed by atoms with van der Waals surface area (Å²) in [5, 5.41) is 0.453. The Morgan fingerprint density at radius 1 is 1.28 bits per heavy atom. The Labute approximate surface area is 113 Å². The molecule has 1 aromatic rings. The molecule has 1 aliphatic rings. The molecule has 0 spiro atoms. The fraction of sp³-hybridized carbons (Fsp3) is 0.692. The molecule has 100 valence electrons. The molecule has 0 saturated heterocycles. The summed E-state index contributed by atoms with van der Waals surface area (Å²) in [5.74, 6) is 1.84. The van der Waals surface area contributed by atoms with E-state index in [1.54, 1.807) is 6.07 Å². The lowest BCUT2D eigenvalue weighted by Gasteiger charge is -2.07. The van der Waals surface area contributed by atoms with Gasteiger partial charge in [-0.1, -0.05) is 24.9 Å². The van der Waals surface area contributed by atoms with Crippen LogP contribution >= 0.6 is 11.6 Å². The van der Waals surface area contributed by atoms with Crippen molar-refractivity contribution in [2.24, 2.45) is 0 Å². The highest BCUT2D eigenvalue weighted by Gasteiger charge is 2.27. The fourth-order valence-corrected chi connectivity index (χ4v) is 1.75. The number of hydrogen-bond donors (Lipinski definition) is 0. The monoisotopic (exact) mass is 270 g/mol. The van der Waals surface area contributed by atoms with E-state index in [1.165, 1.54) is 0 Å². The number of unbranched alkanes of at least 4 members (excludes halogenated alkanes) is 1. The number of ether oxygens (including phenoxy) is 2. The van der Waals surface area contributed by atoms with Gasteiger partial charge in [-0.3, -0.25) is 0 Å². The van der Waals surface area contributed by atoms with Crippen LogP contribution < -0.4 is 4.74 Å². The summed E-state index contributed by atoms with van der Waals surface area (Å²) in [6, 6.07) is 1.65. The van der Waals surface area contributed by atoms with E-state index < -0.39 is 0 Å². The highest BCUT2D eigenvalue weighted by molar-refractivity contribution is 6.29. The summed E-state index contributed by atoms with van der Waals surface area (Å²) in [6.45, 7) is 4.02. The van der Waals surface area contributed by atoms with E-state index in [0.29, 0.717) is 30.2 Å². The Morgan fingerprint density at radius 3 is 2.83 bits per heavy atom. The predicted octanol–water partition coefficient (Wildman–Crippen LogP) is 3.20. The molecule has 18 heavy (non-hydrogen) atoms. The first-order chi connectivity index (χ1) is 8.79. The van der Waals surface area contributed by atoms with Crippen LogP contribution in [-0.2, 0) is 4.74 Å². The van der Waals surface area contributed by atoms with Gasteiger partial charge in [-0.2, -0.15) is 4.98 Å². The van der Waals surface area contributed by atoms with Crippen molar-refractivity contribution in [3.8, 4) is 5.88 Å². The lowest BCUT2D eigenvalue weighted by Crippen LogP contribution is -2.09. The number of aromatic nitrogens is 2. The molecule has 0 aliphatic heterocycles. The van der Waals surface area contributed by atoms with Gasteiger partial charge in [-0.05, 0) is 19.3 Å². The Morgan fingerprint density at radius 2 is 2.11 bits per heavy atom. The molecule has 0 bridgehead atoms. The second-order valence-electron chi connectivity index (χ2n) is 4.48. The van der Waals surface area contributed by atoms with E-state index in [0.717, 1.165) is 38.1 Å². The molecule has 4 nitrogen and oxygen atoms in total. The molecule has 2 rings (SSSR count). The molecule has 0 amide bonds. The van der Waals surface area contributed by atoms with Gasteiger partial charge in [0.25, 0.3) is 0 Å². The average molecular weight is 271 g/mol. The van der Waals surface area contributed by atoms with Gasteiger partial charge in [-0.15, -0.1) is 0 Å². The Kier molecular flexibility index (Phi) is 5.20. The zero-order valence-electron chi connectivity index (χ0n) is 10.7. The minimum absolute atomic E-state index is 0.453. The third kappa shape index (κ3) is 4.42. The zero-order chi connectivity index (χ0) is 12.8. The fourth-order valence-electron chi connectivity index (χ4n) is 1.57. The smallest absolute Gasteiger partial charge is 0.218 e. The van der Waals surface area contributed by atoms with E-state index >= 15 is 0 Å². The minimum atomic E-state index is 0.453. The second kappa shape index (κ2) is 6.90. The lowest BCUT2D eigenvalue weighted by atomic mass is 10.4. The lowest BCUT2D eigenvalue weighted by molar-refractivity contribution is 0.0964. The number of rotatable bonds is 8. The maximum atomic E-state index is 5.94. The number of hydrogen-bond acceptors (Lipinski definition) is 4. The van der Waals surface area contributed by atoms with Crippen molar-refractivity contribution < 1.29 is 9.47 Å². The Hall–Kier alpha value is -0.870. The summed E-state index contributed by atoms with van der Waals surface area (Å²) in [5.41, 5.74) is 0. The molecule has 1 heterocycles. The number of halogens is 1. The van der Waals surface area contributed by atoms with Crippen LogP contribution in [-0.4, -0.2) is 29.8 Å². The van der Waals surface area contributed by atoms with Crippen LogP contribution in [0.2, 0.25) is 5.15 Å². The van der Waals surface area contributed by atoms with E-state index in [2.05, 4.69) is 16.9 Å². The van der Waals surface area contributed by atoms with Gasteiger partial charge in [0.15, 0.2) is 0 Å². The van der Waals surface area contributed by atoms with Crippen molar-refractivity contribution in [2.75, 3.05) is 19.8 Å². The van der Waals surface area contributed by atoms with Crippen LogP contribution in [0, 0.1) is 0 Å². The largest absolute Gasteiger partial charge is 0.475 e. The van der Waals surface area contributed by atoms with Gasteiger partial charge in [0.2, 0.25) is 5.88 Å². The summed E-state index contributed by atoms with van der Waals surface area (Å²) in [4.78, 5) is 8.56. The maximum Gasteiger partial charge on any atom is 0.218 e. The molecule has 0 atom stereocenters. The SMILES string of the molecule is CCCCOCCOc1cc(Cl)nc(C2CC2)n1. The van der Waals surface area contributed by atoms with Crippen molar-refractivity contribution in [2.45, 2.75) is 38.5 Å². The third-order valence-corrected chi connectivity index (χ3v) is 2.94. The standard InChI is InChI=1S/C13H19ClN2O2/c1-2-3-6-17-7-8-18-12-9-11(14)15-13(16-12)10-4-5-10/h9-10H,2-8H2,1H3. The van der Waals surface area contributed by atoms with Crippen molar-refractivity contribution in [1.82, 2.24) is 9.97 Å². The molecular formula is C13H19ClN2O2. The first-order valence-corrected chi connectivity index (χ1v) is 6.92. The molecule has 0 radical (unpaired) electrons. The first kappa shape index (κ1) is 13.6. The van der Waals surface area contributed by atoms with E-state index in [1.807, 2.05) is 0 Å². The Balaban J connectivity index is 1.74. The molecule has 1 fully saturated rings. The quantitative estimate of drug-likeness (QED) is 0.537. The highest BCUT2D eigenvalue weighted by atomic mass is 35.5. The van der Waals surface area contributed by atoms with Crippen LogP contribution in [0.15, 0.2) is 6.07 Å². The Bertz CT molecular complexity index is 383. The molecule has 1 aliphatic carbocycles. The predicted molar refractivity (Wildman–Crippen MR) is 70.2 cm³/mol. The topological polar surface area (TPSA) is 44.2 Å². The molecule has 0 N–H and O–H groups in total. The van der Waals surface area contributed by atoms with Crippen LogP contribution in [0.3, 0.4) is 0 Å². The highest BCUT2D eigenvalue weighted by Crippen LogP contribution is 2.38. The molecular weight excluding hydrogens is 252 g/mol. The van der Waals surface area contributed by atoms with Gasteiger partial charge in [-0.25, -0.2) is 4.98 Å². The molecule has 5 heteroatoms. The minimum Gasteiger partial charge on any atom is -0.475 e. The third-order valence-electron chi connectivity index (χ3n) is 2.75. The van der Waals surface area contributed by atoms with Crippen molar-refractivity contribution in [3.05, 3.63) is 17.0 Å². The normalized spacial score (nSPS) is 14.8. The molecule has 0 unspecified atom stereocenters. The van der Waals surface area contributed by atoms with Gasteiger partial charge < -0.3 is 9.47 Å². The van der Waals surface area contributed by atoms with Crippen molar-refractivity contribution >= 4 is 11.6 Å². The van der Waals surface area contributed by atoms with Crippen LogP contribution in [0.4, 0.5) is 0 Å². The summed E-state index contributed by atoms with van der Waals surface area (Å²) in [6.07, 6.45) is 4.54. The summed E-state index contributed by atoms with van der Waals surface area (Å²) < 4.78 is 10.9. The zero-order valence-corrected chi connectivity index (χ0v) is 11.4. The number of nitrogens with zero attached hydrogens (tertiary/aromatic N) is 2. The van der Waals surface area contributed by atoms with Crippen LogP contribution in [0.1, 0.15) is 44.3 Å². The van der Waals surface area contributed by atoms with Gasteiger partial charge >= 0.3 is 0 Å². The van der Waals surface area contributed by atoms with E-state index in [4.69, 9.17) is 21.1 Å². The second-order valence-corrected chi connectivity index (χ2v) is 4.86. The van der Waals surface area contributed by atoms with Crippen LogP contribution in [0.25, 0.3) is 0 Å². The average Bonchev–Trinajstić information content (AvgIpc) is 3.17. The summed E-state index contributed by atoms with van der Waals surface area (Å²) >= 11 is 5.94.